The van der Waals surface area contributed by atoms with Crippen LogP contribution in [0.5, 0.6) is 0 Å². The summed E-state index contributed by atoms with van der Waals surface area (Å²) in [4.78, 5) is 0. The molecule has 0 aromatic rings. The highest BCUT2D eigenvalue weighted by Crippen LogP contribution is 2.24. The quantitative estimate of drug-likeness (QED) is 0.753. The molecule has 0 radical (unpaired) electrons. The lowest BCUT2D eigenvalue weighted by atomic mass is 9.94. The van der Waals surface area contributed by atoms with Gasteiger partial charge in [-0.25, -0.2) is 8.42 Å². The van der Waals surface area contributed by atoms with Crippen LogP contribution in [-0.4, -0.2) is 43.7 Å². The second-order valence-electron chi connectivity index (χ2n) is 4.71. The Hall–Kier alpha value is -0.130. The first kappa shape index (κ1) is 13.9. The minimum absolute atomic E-state index is 0.0147. The Kier molecular flexibility index (Phi) is 5.21. The Morgan fingerprint density at radius 3 is 2.50 bits per heavy atom. The third-order valence-electron chi connectivity index (χ3n) is 3.42. The van der Waals surface area contributed by atoms with Crippen LogP contribution in [0.25, 0.3) is 0 Å². The third kappa shape index (κ3) is 3.71. The molecule has 1 saturated carbocycles. The Balaban J connectivity index is 2.67. The summed E-state index contributed by atoms with van der Waals surface area (Å²) in [5, 5.41) is 12.1. The normalized spacial score (nSPS) is 28.9. The molecule has 0 aromatic carbocycles. The van der Waals surface area contributed by atoms with Crippen LogP contribution in [0.4, 0.5) is 0 Å². The van der Waals surface area contributed by atoms with Crippen molar-refractivity contribution in [1.29, 1.82) is 0 Å². The molecule has 0 heterocycles. The van der Waals surface area contributed by atoms with Crippen LogP contribution in [0.2, 0.25) is 0 Å². The van der Waals surface area contributed by atoms with E-state index in [0.29, 0.717) is 0 Å². The Bertz CT molecular complexity index is 298. The molecule has 1 aliphatic carbocycles. The van der Waals surface area contributed by atoms with Crippen molar-refractivity contribution in [3.63, 3.8) is 0 Å². The van der Waals surface area contributed by atoms with Crippen LogP contribution in [0.3, 0.4) is 0 Å². The van der Waals surface area contributed by atoms with Crippen molar-refractivity contribution >= 4 is 9.84 Å². The summed E-state index contributed by atoms with van der Waals surface area (Å²) in [5.41, 5.74) is 0. The fraction of sp³-hybridized carbons (Fsp3) is 1.00. The Labute approximate surface area is 98.4 Å². The number of sulfone groups is 1. The lowest BCUT2D eigenvalue weighted by molar-refractivity contribution is 0.216. The molecule has 0 spiro atoms. The molecule has 96 valence electrons. The number of nitrogens with one attached hydrogen (secondary N) is 1. The monoisotopic (exact) mass is 249 g/mol. The maximum atomic E-state index is 11.7. The number of aliphatic hydroxyl groups is 1. The molecule has 2 N–H and O–H groups in total. The van der Waals surface area contributed by atoms with Gasteiger partial charge in [0.2, 0.25) is 0 Å². The van der Waals surface area contributed by atoms with Crippen LogP contribution in [0, 0.1) is 0 Å². The van der Waals surface area contributed by atoms with Gasteiger partial charge in [0.15, 0.2) is 9.84 Å². The van der Waals surface area contributed by atoms with Gasteiger partial charge in [-0.05, 0) is 19.3 Å². The Morgan fingerprint density at radius 1 is 1.38 bits per heavy atom. The molecule has 1 rings (SSSR count). The number of hydrogen-bond donors (Lipinski definition) is 2. The molecular weight excluding hydrogens is 226 g/mol. The summed E-state index contributed by atoms with van der Waals surface area (Å²) >= 11 is 0. The average Bonchev–Trinajstić information content (AvgIpc) is 2.25. The summed E-state index contributed by atoms with van der Waals surface area (Å²) in [5.74, 6) is 0. The predicted molar refractivity (Wildman–Crippen MR) is 65.2 cm³/mol. The zero-order valence-corrected chi connectivity index (χ0v) is 11.0. The highest BCUT2D eigenvalue weighted by atomic mass is 32.2. The SMILES string of the molecule is CC[C@H](CO)NC1CCCCC1S(C)(=O)=O. The first-order valence-electron chi connectivity index (χ1n) is 6.04. The van der Waals surface area contributed by atoms with Gasteiger partial charge in [-0.2, -0.15) is 0 Å². The number of rotatable bonds is 5. The van der Waals surface area contributed by atoms with E-state index in [0.717, 1.165) is 32.1 Å². The third-order valence-corrected chi connectivity index (χ3v) is 5.08. The molecule has 5 heteroatoms. The van der Waals surface area contributed by atoms with E-state index in [9.17, 15) is 8.42 Å². The van der Waals surface area contributed by atoms with Gasteiger partial charge in [-0.3, -0.25) is 0 Å². The van der Waals surface area contributed by atoms with Crippen LogP contribution < -0.4 is 5.32 Å². The molecule has 4 nitrogen and oxygen atoms in total. The highest BCUT2D eigenvalue weighted by molar-refractivity contribution is 7.91. The van der Waals surface area contributed by atoms with Crippen LogP contribution in [0.15, 0.2) is 0 Å². The van der Waals surface area contributed by atoms with Crippen molar-refractivity contribution in [1.82, 2.24) is 5.32 Å². The standard InChI is InChI=1S/C11H23NO3S/c1-3-9(8-13)12-10-6-4-5-7-11(10)16(2,14)15/h9-13H,3-8H2,1-2H3/t9-,10?,11?/m1/s1. The van der Waals surface area contributed by atoms with Crippen molar-refractivity contribution in [3.8, 4) is 0 Å². The van der Waals surface area contributed by atoms with Gasteiger partial charge in [-0.1, -0.05) is 19.8 Å². The zero-order valence-electron chi connectivity index (χ0n) is 10.1. The largest absolute Gasteiger partial charge is 0.395 e. The smallest absolute Gasteiger partial charge is 0.151 e. The molecule has 0 aromatic heterocycles. The van der Waals surface area contributed by atoms with Crippen LogP contribution in [-0.2, 0) is 9.84 Å². The number of hydrogen-bond acceptors (Lipinski definition) is 4. The van der Waals surface area contributed by atoms with Crippen molar-refractivity contribution in [2.24, 2.45) is 0 Å². The van der Waals surface area contributed by atoms with Crippen molar-refractivity contribution in [2.75, 3.05) is 12.9 Å². The lowest BCUT2D eigenvalue weighted by Gasteiger charge is -2.33. The van der Waals surface area contributed by atoms with E-state index >= 15 is 0 Å². The van der Waals surface area contributed by atoms with Gasteiger partial charge in [0.1, 0.15) is 0 Å². The molecule has 1 aliphatic rings. The van der Waals surface area contributed by atoms with Gasteiger partial charge < -0.3 is 10.4 Å². The molecule has 0 saturated heterocycles. The van der Waals surface area contributed by atoms with E-state index in [-0.39, 0.29) is 23.9 Å². The Morgan fingerprint density at radius 2 is 2.00 bits per heavy atom. The summed E-state index contributed by atoms with van der Waals surface area (Å²) in [6, 6.07) is 0.0354. The molecule has 0 bridgehead atoms. The van der Waals surface area contributed by atoms with Crippen molar-refractivity contribution in [2.45, 2.75) is 56.4 Å². The molecular formula is C11H23NO3S. The van der Waals surface area contributed by atoms with E-state index in [2.05, 4.69) is 5.32 Å². The second kappa shape index (κ2) is 5.98. The molecule has 0 aliphatic heterocycles. The molecule has 2 unspecified atom stereocenters. The summed E-state index contributed by atoms with van der Waals surface area (Å²) < 4.78 is 23.3. The van der Waals surface area contributed by atoms with Gasteiger partial charge in [0.05, 0.1) is 11.9 Å². The first-order valence-corrected chi connectivity index (χ1v) is 8.00. The molecule has 0 amide bonds. The lowest BCUT2D eigenvalue weighted by Crippen LogP contribution is -2.50. The van der Waals surface area contributed by atoms with E-state index in [1.54, 1.807) is 0 Å². The van der Waals surface area contributed by atoms with Crippen molar-refractivity contribution < 1.29 is 13.5 Å². The highest BCUT2D eigenvalue weighted by Gasteiger charge is 2.33. The number of aliphatic hydroxyl groups excluding tert-OH is 1. The van der Waals surface area contributed by atoms with E-state index in [1.807, 2.05) is 6.92 Å². The summed E-state index contributed by atoms with van der Waals surface area (Å²) in [7, 11) is -2.98. The van der Waals surface area contributed by atoms with E-state index in [1.165, 1.54) is 6.26 Å². The van der Waals surface area contributed by atoms with Gasteiger partial charge in [-0.15, -0.1) is 0 Å². The maximum Gasteiger partial charge on any atom is 0.151 e. The van der Waals surface area contributed by atoms with E-state index in [4.69, 9.17) is 5.11 Å². The predicted octanol–water partition coefficient (Wildman–Crippen LogP) is 0.703. The topological polar surface area (TPSA) is 66.4 Å². The second-order valence-corrected chi connectivity index (χ2v) is 6.98. The van der Waals surface area contributed by atoms with Crippen LogP contribution >= 0.6 is 0 Å². The molecule has 16 heavy (non-hydrogen) atoms. The average molecular weight is 249 g/mol. The van der Waals surface area contributed by atoms with E-state index < -0.39 is 9.84 Å². The van der Waals surface area contributed by atoms with Crippen LogP contribution in [0.1, 0.15) is 39.0 Å². The zero-order chi connectivity index (χ0) is 12.2. The summed E-state index contributed by atoms with van der Waals surface area (Å²) in [6.07, 6.45) is 5.85. The molecule has 3 atom stereocenters. The fourth-order valence-corrected chi connectivity index (χ4v) is 3.81. The minimum atomic E-state index is -2.98. The summed E-state index contributed by atoms with van der Waals surface area (Å²) in [6.45, 7) is 2.07. The maximum absolute atomic E-state index is 11.7. The van der Waals surface area contributed by atoms with Gasteiger partial charge >= 0.3 is 0 Å². The fourth-order valence-electron chi connectivity index (χ4n) is 2.40. The van der Waals surface area contributed by atoms with Gasteiger partial charge in [0, 0.05) is 18.3 Å². The van der Waals surface area contributed by atoms with Gasteiger partial charge in [0.25, 0.3) is 0 Å². The van der Waals surface area contributed by atoms with Crippen molar-refractivity contribution in [3.05, 3.63) is 0 Å². The minimum Gasteiger partial charge on any atom is -0.395 e. The first-order chi connectivity index (χ1) is 7.49. The molecule has 1 fully saturated rings.